The fourth-order valence-corrected chi connectivity index (χ4v) is 2.82. The minimum absolute atomic E-state index is 0.0868. The van der Waals surface area contributed by atoms with Gasteiger partial charge in [0.1, 0.15) is 17.6 Å². The van der Waals surface area contributed by atoms with Crippen LogP contribution in [0.5, 0.6) is 11.5 Å². The standard InChI is InChI=1S/C16H16N2O3/c1-20-11-4-5-15-12(6-11)14(19)7-16(21-15)13-8-17-9-18(13)10-2-3-10/h4-6,8-10,16H,2-3,7H2,1H3. The number of ketones is 1. The lowest BCUT2D eigenvalue weighted by Crippen LogP contribution is -2.22. The van der Waals surface area contributed by atoms with Gasteiger partial charge in [0.05, 0.1) is 37.3 Å². The molecular formula is C16H16N2O3. The maximum atomic E-state index is 12.4. The summed E-state index contributed by atoms with van der Waals surface area (Å²) in [7, 11) is 1.59. The predicted octanol–water partition coefficient (Wildman–Crippen LogP) is 2.93. The Labute approximate surface area is 122 Å². The monoisotopic (exact) mass is 284 g/mol. The number of methoxy groups -OCH3 is 1. The fraction of sp³-hybridized carbons (Fsp3) is 0.375. The Morgan fingerprint density at radius 2 is 2.24 bits per heavy atom. The lowest BCUT2D eigenvalue weighted by molar-refractivity contribution is 0.0839. The number of rotatable bonds is 3. The Kier molecular flexibility index (Phi) is 2.74. The van der Waals surface area contributed by atoms with Crippen molar-refractivity contribution in [1.82, 2.24) is 9.55 Å². The largest absolute Gasteiger partial charge is 0.497 e. The third kappa shape index (κ3) is 2.09. The predicted molar refractivity (Wildman–Crippen MR) is 75.8 cm³/mol. The summed E-state index contributed by atoms with van der Waals surface area (Å²) in [5.74, 6) is 1.39. The first-order valence-corrected chi connectivity index (χ1v) is 7.16. The SMILES string of the molecule is COc1ccc2c(c1)C(=O)CC(c1cncn1C1CC1)O2. The fourth-order valence-electron chi connectivity index (χ4n) is 2.82. The van der Waals surface area contributed by atoms with E-state index in [2.05, 4.69) is 9.55 Å². The molecule has 2 heterocycles. The molecule has 0 radical (unpaired) electrons. The zero-order valence-electron chi connectivity index (χ0n) is 11.8. The molecule has 1 fully saturated rings. The molecule has 1 aliphatic carbocycles. The minimum Gasteiger partial charge on any atom is -0.497 e. The Morgan fingerprint density at radius 3 is 3.00 bits per heavy atom. The number of fused-ring (bicyclic) bond motifs is 1. The Balaban J connectivity index is 1.68. The first-order valence-electron chi connectivity index (χ1n) is 7.16. The molecule has 108 valence electrons. The highest BCUT2D eigenvalue weighted by atomic mass is 16.5. The molecule has 0 spiro atoms. The van der Waals surface area contributed by atoms with E-state index in [0.29, 0.717) is 29.5 Å². The van der Waals surface area contributed by atoms with Crippen molar-refractivity contribution in [2.75, 3.05) is 7.11 Å². The average Bonchev–Trinajstić information content (AvgIpc) is 3.24. The van der Waals surface area contributed by atoms with Crippen LogP contribution in [0.4, 0.5) is 0 Å². The van der Waals surface area contributed by atoms with Crippen LogP contribution in [0.3, 0.4) is 0 Å². The van der Waals surface area contributed by atoms with E-state index in [-0.39, 0.29) is 11.9 Å². The quantitative estimate of drug-likeness (QED) is 0.869. The van der Waals surface area contributed by atoms with Crippen LogP contribution in [0.2, 0.25) is 0 Å². The highest BCUT2D eigenvalue weighted by Crippen LogP contribution is 2.41. The second kappa shape index (κ2) is 4.62. The van der Waals surface area contributed by atoms with Crippen molar-refractivity contribution in [3.8, 4) is 11.5 Å². The lowest BCUT2D eigenvalue weighted by Gasteiger charge is -2.26. The number of carbonyl (C=O) groups excluding carboxylic acids is 1. The van der Waals surface area contributed by atoms with Crippen molar-refractivity contribution in [1.29, 1.82) is 0 Å². The zero-order valence-corrected chi connectivity index (χ0v) is 11.8. The van der Waals surface area contributed by atoms with Gasteiger partial charge in [0, 0.05) is 6.04 Å². The van der Waals surface area contributed by atoms with Crippen molar-refractivity contribution < 1.29 is 14.3 Å². The van der Waals surface area contributed by atoms with Crippen LogP contribution >= 0.6 is 0 Å². The van der Waals surface area contributed by atoms with E-state index < -0.39 is 0 Å². The summed E-state index contributed by atoms with van der Waals surface area (Å²) in [6, 6.07) is 5.88. The normalized spacial score (nSPS) is 20.8. The van der Waals surface area contributed by atoms with Crippen molar-refractivity contribution in [3.63, 3.8) is 0 Å². The Morgan fingerprint density at radius 1 is 1.38 bits per heavy atom. The summed E-state index contributed by atoms with van der Waals surface area (Å²) in [5.41, 5.74) is 1.59. The number of imidazole rings is 1. The third-order valence-electron chi connectivity index (χ3n) is 4.09. The van der Waals surface area contributed by atoms with Crippen LogP contribution in [-0.2, 0) is 0 Å². The summed E-state index contributed by atoms with van der Waals surface area (Å²) in [6.45, 7) is 0. The Bertz CT molecular complexity index is 703. The van der Waals surface area contributed by atoms with E-state index in [0.717, 1.165) is 5.69 Å². The van der Waals surface area contributed by atoms with Crippen molar-refractivity contribution in [2.24, 2.45) is 0 Å². The van der Waals surface area contributed by atoms with Gasteiger partial charge in [-0.15, -0.1) is 0 Å². The van der Waals surface area contributed by atoms with Gasteiger partial charge in [0.2, 0.25) is 0 Å². The molecule has 0 saturated heterocycles. The van der Waals surface area contributed by atoms with Gasteiger partial charge in [-0.3, -0.25) is 4.79 Å². The first-order chi connectivity index (χ1) is 10.3. The molecule has 0 N–H and O–H groups in total. The molecule has 2 aliphatic rings. The number of hydrogen-bond acceptors (Lipinski definition) is 4. The molecule has 1 unspecified atom stereocenters. The number of benzene rings is 1. The average molecular weight is 284 g/mol. The number of carbonyl (C=O) groups is 1. The van der Waals surface area contributed by atoms with Crippen LogP contribution in [0.1, 0.15) is 47.5 Å². The molecule has 0 amide bonds. The number of Topliss-reactive ketones (excluding diaryl/α,β-unsaturated/α-hetero) is 1. The minimum atomic E-state index is -0.249. The van der Waals surface area contributed by atoms with Gasteiger partial charge in [0.25, 0.3) is 0 Å². The zero-order chi connectivity index (χ0) is 14.4. The molecule has 1 saturated carbocycles. The molecule has 0 bridgehead atoms. The molecule has 2 aromatic rings. The summed E-state index contributed by atoms with van der Waals surface area (Å²) >= 11 is 0. The van der Waals surface area contributed by atoms with E-state index in [1.807, 2.05) is 18.6 Å². The molecule has 1 aliphatic heterocycles. The highest BCUT2D eigenvalue weighted by molar-refractivity contribution is 6.00. The second-order valence-electron chi connectivity index (χ2n) is 5.55. The molecule has 5 heteroatoms. The maximum absolute atomic E-state index is 12.4. The summed E-state index contributed by atoms with van der Waals surface area (Å²) in [6.07, 6.45) is 6.10. The molecule has 1 aromatic heterocycles. The van der Waals surface area contributed by atoms with Crippen molar-refractivity contribution >= 4 is 5.78 Å². The second-order valence-corrected chi connectivity index (χ2v) is 5.55. The van der Waals surface area contributed by atoms with Gasteiger partial charge in [-0.25, -0.2) is 4.98 Å². The van der Waals surface area contributed by atoms with Crippen LogP contribution in [0.25, 0.3) is 0 Å². The van der Waals surface area contributed by atoms with Crippen molar-refractivity contribution in [3.05, 3.63) is 42.0 Å². The van der Waals surface area contributed by atoms with E-state index in [9.17, 15) is 4.79 Å². The van der Waals surface area contributed by atoms with Crippen molar-refractivity contribution in [2.45, 2.75) is 31.4 Å². The first kappa shape index (κ1) is 12.4. The van der Waals surface area contributed by atoms with Crippen LogP contribution < -0.4 is 9.47 Å². The number of nitrogens with zero attached hydrogens (tertiary/aromatic N) is 2. The molecule has 1 aromatic carbocycles. The van der Waals surface area contributed by atoms with E-state index in [1.54, 1.807) is 19.2 Å². The van der Waals surface area contributed by atoms with Gasteiger partial charge in [0.15, 0.2) is 5.78 Å². The topological polar surface area (TPSA) is 53.3 Å². The highest BCUT2D eigenvalue weighted by Gasteiger charge is 2.33. The maximum Gasteiger partial charge on any atom is 0.170 e. The van der Waals surface area contributed by atoms with Gasteiger partial charge >= 0.3 is 0 Å². The van der Waals surface area contributed by atoms with Gasteiger partial charge < -0.3 is 14.0 Å². The van der Waals surface area contributed by atoms with Gasteiger partial charge in [-0.2, -0.15) is 0 Å². The molecule has 21 heavy (non-hydrogen) atoms. The van der Waals surface area contributed by atoms with E-state index in [4.69, 9.17) is 9.47 Å². The van der Waals surface area contributed by atoms with Crippen LogP contribution in [0, 0.1) is 0 Å². The number of ether oxygens (including phenoxy) is 2. The van der Waals surface area contributed by atoms with Crippen LogP contribution in [0.15, 0.2) is 30.7 Å². The third-order valence-corrected chi connectivity index (χ3v) is 4.09. The molecule has 1 atom stereocenters. The van der Waals surface area contributed by atoms with Crippen LogP contribution in [-0.4, -0.2) is 22.4 Å². The molecular weight excluding hydrogens is 268 g/mol. The van der Waals surface area contributed by atoms with Gasteiger partial charge in [-0.05, 0) is 31.0 Å². The smallest absolute Gasteiger partial charge is 0.170 e. The summed E-state index contributed by atoms with van der Waals surface area (Å²) in [5, 5.41) is 0. The number of hydrogen-bond donors (Lipinski definition) is 0. The lowest BCUT2D eigenvalue weighted by atomic mass is 9.99. The van der Waals surface area contributed by atoms with E-state index in [1.165, 1.54) is 12.8 Å². The van der Waals surface area contributed by atoms with E-state index >= 15 is 0 Å². The summed E-state index contributed by atoms with van der Waals surface area (Å²) < 4.78 is 13.3. The number of aromatic nitrogens is 2. The molecule has 5 nitrogen and oxygen atoms in total. The Hall–Kier alpha value is -2.30. The molecule has 4 rings (SSSR count). The summed E-state index contributed by atoms with van der Waals surface area (Å²) in [4.78, 5) is 16.6. The van der Waals surface area contributed by atoms with Gasteiger partial charge in [-0.1, -0.05) is 0 Å².